The summed E-state index contributed by atoms with van der Waals surface area (Å²) in [6.07, 6.45) is 10.5. The molecule has 1 fully saturated rings. The summed E-state index contributed by atoms with van der Waals surface area (Å²) in [6.45, 7) is 0.264. The molecule has 1 aromatic heterocycles. The van der Waals surface area contributed by atoms with Gasteiger partial charge in [0.15, 0.2) is 5.82 Å². The van der Waals surface area contributed by atoms with Crippen molar-refractivity contribution in [3.8, 4) is 18.0 Å². The van der Waals surface area contributed by atoms with E-state index in [2.05, 4.69) is 21.4 Å². The molecule has 1 aliphatic heterocycles. The van der Waals surface area contributed by atoms with Gasteiger partial charge in [-0.15, -0.1) is 11.5 Å². The number of hydrogen-bond acceptors (Lipinski definition) is 4. The third-order valence-corrected chi connectivity index (χ3v) is 4.94. The molecule has 1 aromatic carbocycles. The minimum Gasteiger partial charge on any atom is -0.314 e. The third kappa shape index (κ3) is 1.89. The predicted molar refractivity (Wildman–Crippen MR) is 83.8 cm³/mol. The molecule has 2 heterocycles. The molecule has 0 unspecified atom stereocenters. The highest BCUT2D eigenvalue weighted by Gasteiger charge is 2.48. The summed E-state index contributed by atoms with van der Waals surface area (Å²) < 4.78 is 1.72. The Balaban J connectivity index is 2.01. The van der Waals surface area contributed by atoms with Gasteiger partial charge in [0.25, 0.3) is 5.91 Å². The number of benzene rings is 1. The molecule has 1 amide bonds. The van der Waals surface area contributed by atoms with E-state index in [4.69, 9.17) is 6.42 Å². The number of terminal acetylenes is 1. The summed E-state index contributed by atoms with van der Waals surface area (Å²) in [4.78, 5) is 15.0. The van der Waals surface area contributed by atoms with E-state index in [1.807, 2.05) is 24.3 Å². The van der Waals surface area contributed by atoms with Gasteiger partial charge in [0.1, 0.15) is 5.54 Å². The van der Waals surface area contributed by atoms with Crippen LogP contribution in [0.25, 0.3) is 5.69 Å². The first-order valence-electron chi connectivity index (χ1n) is 7.92. The number of rotatable bonds is 1. The van der Waals surface area contributed by atoms with Crippen LogP contribution in [0.5, 0.6) is 0 Å². The van der Waals surface area contributed by atoms with Crippen LogP contribution in [0.3, 0.4) is 0 Å². The number of carbonyl (C=O) groups excluding carboxylic acids is 1. The molecule has 0 radical (unpaired) electrons. The fraction of sp³-hybridized carbons (Fsp3) is 0.412. The lowest BCUT2D eigenvalue weighted by molar-refractivity contribution is 0.0347. The van der Waals surface area contributed by atoms with Crippen molar-refractivity contribution in [3.05, 3.63) is 35.7 Å². The van der Waals surface area contributed by atoms with Gasteiger partial charge in [-0.1, -0.05) is 37.3 Å². The van der Waals surface area contributed by atoms with E-state index in [1.165, 1.54) is 0 Å². The zero-order chi connectivity index (χ0) is 15.9. The van der Waals surface area contributed by atoms with E-state index >= 15 is 0 Å². The Bertz CT molecular complexity index is 797. The smallest absolute Gasteiger partial charge is 0.257 e. The molecule has 6 heteroatoms. The fourth-order valence-electron chi connectivity index (χ4n) is 3.88. The van der Waals surface area contributed by atoms with E-state index in [0.29, 0.717) is 5.56 Å². The second-order valence-electron chi connectivity index (χ2n) is 6.12. The average molecular weight is 307 g/mol. The van der Waals surface area contributed by atoms with E-state index < -0.39 is 5.54 Å². The topological polar surface area (TPSA) is 63.9 Å². The average Bonchev–Trinajstić information content (AvgIpc) is 3.07. The molecule has 0 saturated heterocycles. The highest BCUT2D eigenvalue weighted by molar-refractivity contribution is 5.99. The van der Waals surface area contributed by atoms with Crippen molar-refractivity contribution in [2.24, 2.45) is 0 Å². The summed E-state index contributed by atoms with van der Waals surface area (Å²) in [7, 11) is 0. The summed E-state index contributed by atoms with van der Waals surface area (Å²) in [5.74, 6) is 3.33. The van der Waals surface area contributed by atoms with Crippen molar-refractivity contribution in [2.75, 3.05) is 6.54 Å². The first-order valence-corrected chi connectivity index (χ1v) is 7.92. The molecule has 6 nitrogen and oxygen atoms in total. The zero-order valence-corrected chi connectivity index (χ0v) is 12.8. The van der Waals surface area contributed by atoms with Crippen LogP contribution in [0.2, 0.25) is 0 Å². The zero-order valence-electron chi connectivity index (χ0n) is 12.8. The molecule has 4 rings (SSSR count). The Morgan fingerprint density at radius 3 is 2.78 bits per heavy atom. The highest BCUT2D eigenvalue weighted by atomic mass is 16.2. The molecule has 1 aliphatic carbocycles. The Hall–Kier alpha value is -2.68. The summed E-state index contributed by atoms with van der Waals surface area (Å²) >= 11 is 0. The number of carbonyl (C=O) groups is 1. The lowest BCUT2D eigenvalue weighted by Crippen LogP contribution is -2.51. The number of nitrogens with zero attached hydrogens (tertiary/aromatic N) is 5. The maximum Gasteiger partial charge on any atom is 0.257 e. The molecule has 23 heavy (non-hydrogen) atoms. The van der Waals surface area contributed by atoms with E-state index in [1.54, 1.807) is 9.58 Å². The molecule has 2 aromatic rings. The number of aromatic nitrogens is 4. The van der Waals surface area contributed by atoms with Gasteiger partial charge in [-0.25, -0.2) is 0 Å². The predicted octanol–water partition coefficient (Wildman–Crippen LogP) is 1.91. The first kappa shape index (κ1) is 13.9. The SMILES string of the molecule is C#CCN1C(=O)c2ccccc2-n2nnnc2C12CCCCC2. The number of para-hydroxylation sites is 1. The normalized spacial score (nSPS) is 18.9. The largest absolute Gasteiger partial charge is 0.314 e. The van der Waals surface area contributed by atoms with Gasteiger partial charge >= 0.3 is 0 Å². The van der Waals surface area contributed by atoms with Crippen molar-refractivity contribution in [2.45, 2.75) is 37.6 Å². The van der Waals surface area contributed by atoms with Crippen molar-refractivity contribution in [1.29, 1.82) is 0 Å². The van der Waals surface area contributed by atoms with Crippen molar-refractivity contribution in [1.82, 2.24) is 25.1 Å². The van der Waals surface area contributed by atoms with E-state index in [9.17, 15) is 4.79 Å². The Morgan fingerprint density at radius 2 is 2.00 bits per heavy atom. The molecule has 0 atom stereocenters. The van der Waals surface area contributed by atoms with Gasteiger partial charge in [0, 0.05) is 0 Å². The molecule has 0 bridgehead atoms. The van der Waals surface area contributed by atoms with Gasteiger partial charge in [-0.2, -0.15) is 4.68 Å². The molecule has 0 N–H and O–H groups in total. The summed E-state index contributed by atoms with van der Waals surface area (Å²) in [5, 5.41) is 12.3. The van der Waals surface area contributed by atoms with E-state index in [0.717, 1.165) is 43.6 Å². The van der Waals surface area contributed by atoms with Crippen molar-refractivity contribution in [3.63, 3.8) is 0 Å². The van der Waals surface area contributed by atoms with Gasteiger partial charge in [0.2, 0.25) is 0 Å². The molecule has 2 aliphatic rings. The Morgan fingerprint density at radius 1 is 1.22 bits per heavy atom. The number of fused-ring (bicyclic) bond motifs is 4. The second kappa shape index (κ2) is 5.20. The van der Waals surface area contributed by atoms with Gasteiger partial charge < -0.3 is 4.90 Å². The third-order valence-electron chi connectivity index (χ3n) is 4.94. The maximum absolute atomic E-state index is 13.2. The lowest BCUT2D eigenvalue weighted by atomic mass is 9.79. The molecular weight excluding hydrogens is 290 g/mol. The number of tetrazole rings is 1. The van der Waals surface area contributed by atoms with Crippen molar-refractivity contribution >= 4 is 5.91 Å². The molecule has 1 saturated carbocycles. The van der Waals surface area contributed by atoms with Gasteiger partial charge in [-0.05, 0) is 35.4 Å². The second-order valence-corrected chi connectivity index (χ2v) is 6.12. The number of amides is 1. The Labute approximate surface area is 134 Å². The van der Waals surface area contributed by atoms with Crippen LogP contribution in [-0.2, 0) is 5.54 Å². The van der Waals surface area contributed by atoms with Crippen LogP contribution in [0.15, 0.2) is 24.3 Å². The van der Waals surface area contributed by atoms with Crippen LogP contribution >= 0.6 is 0 Å². The summed E-state index contributed by atoms with van der Waals surface area (Å²) in [6, 6.07) is 7.44. The van der Waals surface area contributed by atoms with Crippen LogP contribution in [0, 0.1) is 12.3 Å². The molecule has 1 spiro atoms. The molecule has 116 valence electrons. The monoisotopic (exact) mass is 307 g/mol. The van der Waals surface area contributed by atoms with Crippen LogP contribution in [-0.4, -0.2) is 37.6 Å². The minimum atomic E-state index is -0.510. The van der Waals surface area contributed by atoms with Crippen LogP contribution in [0.4, 0.5) is 0 Å². The summed E-state index contributed by atoms with van der Waals surface area (Å²) in [5.41, 5.74) is 0.810. The number of hydrogen-bond donors (Lipinski definition) is 0. The van der Waals surface area contributed by atoms with Crippen LogP contribution in [0.1, 0.15) is 48.3 Å². The van der Waals surface area contributed by atoms with Crippen molar-refractivity contribution < 1.29 is 4.79 Å². The fourth-order valence-corrected chi connectivity index (χ4v) is 3.88. The standard InChI is InChI=1S/C17H17N5O/c1-2-12-21-15(23)13-8-4-5-9-14(13)22-16(18-19-20-22)17(21)10-6-3-7-11-17/h1,4-5,8-9H,3,6-7,10-12H2. The quantitative estimate of drug-likeness (QED) is 0.755. The molecular formula is C17H17N5O. The van der Waals surface area contributed by atoms with Gasteiger partial charge in [0.05, 0.1) is 17.8 Å². The minimum absolute atomic E-state index is 0.0484. The lowest BCUT2D eigenvalue weighted by Gasteiger charge is -2.43. The Kier molecular flexibility index (Phi) is 3.15. The van der Waals surface area contributed by atoms with Gasteiger partial charge in [-0.3, -0.25) is 4.79 Å². The first-order chi connectivity index (χ1) is 11.3. The van der Waals surface area contributed by atoms with Crippen LogP contribution < -0.4 is 0 Å². The maximum atomic E-state index is 13.2. The highest BCUT2D eigenvalue weighted by Crippen LogP contribution is 2.44. The van der Waals surface area contributed by atoms with E-state index in [-0.39, 0.29) is 12.5 Å².